The fourth-order valence-corrected chi connectivity index (χ4v) is 9.86. The van der Waals surface area contributed by atoms with Crippen LogP contribution in [-0.2, 0) is 55.0 Å². The second kappa shape index (κ2) is 32.3. The first-order chi connectivity index (χ1) is 28.2. The largest absolute Gasteiger partial charge is 0.500 e. The van der Waals surface area contributed by atoms with Crippen LogP contribution in [0.15, 0.2) is 24.3 Å². The Labute approximate surface area is 351 Å². The lowest BCUT2D eigenvalue weighted by Crippen LogP contribution is -2.46. The molecular weight excluding hydrogens is 759 g/mol. The van der Waals surface area contributed by atoms with E-state index in [1.165, 1.54) is 11.1 Å². The number of carbonyl (C=O) groups excluding carboxylic acids is 3. The molecule has 1 aromatic carbocycles. The van der Waals surface area contributed by atoms with Crippen molar-refractivity contribution in [1.29, 1.82) is 0 Å². The predicted molar refractivity (Wildman–Crippen MR) is 230 cm³/mol. The van der Waals surface area contributed by atoms with Gasteiger partial charge in [0.2, 0.25) is 0 Å². The molecule has 15 heteroatoms. The summed E-state index contributed by atoms with van der Waals surface area (Å²) in [5.41, 5.74) is 2.52. The SMILES string of the molecule is CCOC(=O)CCN1CCCN(CCC(=O)OCC)CCN(CCC(=O)OCC)CCCN(Cc2ccc(CNCCC[Si](OCC)(OCC)OCC)cc2)CCC1. The second-order valence-electron chi connectivity index (χ2n) is 14.6. The Kier molecular flexibility index (Phi) is 28.8. The van der Waals surface area contributed by atoms with Gasteiger partial charge in [0.25, 0.3) is 0 Å². The summed E-state index contributed by atoms with van der Waals surface area (Å²) in [6, 6.07) is 9.72. The van der Waals surface area contributed by atoms with E-state index in [-0.39, 0.29) is 17.9 Å². The van der Waals surface area contributed by atoms with Crippen molar-refractivity contribution in [2.45, 2.75) is 106 Å². The Morgan fingerprint density at radius 3 is 1.31 bits per heavy atom. The van der Waals surface area contributed by atoms with E-state index in [2.05, 4.69) is 49.2 Å². The topological polar surface area (TPSA) is 132 Å². The third-order valence-electron chi connectivity index (χ3n) is 10.1. The van der Waals surface area contributed by atoms with Gasteiger partial charge in [-0.3, -0.25) is 19.3 Å². The van der Waals surface area contributed by atoms with Gasteiger partial charge in [0, 0.05) is 71.7 Å². The molecule has 0 aliphatic carbocycles. The highest BCUT2D eigenvalue weighted by atomic mass is 28.4. The maximum absolute atomic E-state index is 12.4. The van der Waals surface area contributed by atoms with Gasteiger partial charge < -0.3 is 47.5 Å². The lowest BCUT2D eigenvalue weighted by atomic mass is 10.1. The zero-order valence-corrected chi connectivity index (χ0v) is 38.1. The van der Waals surface area contributed by atoms with E-state index in [1.54, 1.807) is 0 Å². The first-order valence-electron chi connectivity index (χ1n) is 22.3. The quantitative estimate of drug-likeness (QED) is 0.0584. The van der Waals surface area contributed by atoms with Crippen LogP contribution in [0, 0.1) is 0 Å². The van der Waals surface area contributed by atoms with Crippen LogP contribution >= 0.6 is 0 Å². The Balaban J connectivity index is 2.11. The Bertz CT molecular complexity index is 1210. The molecule has 0 amide bonds. The summed E-state index contributed by atoms with van der Waals surface area (Å²) in [6.07, 6.45) is 4.84. The number of nitrogens with zero attached hydrogens (tertiary/aromatic N) is 4. The molecule has 1 N–H and O–H groups in total. The number of nitrogens with one attached hydrogen (secondary N) is 1. The van der Waals surface area contributed by atoms with E-state index in [1.807, 2.05) is 41.5 Å². The van der Waals surface area contributed by atoms with Crippen LogP contribution in [0.4, 0.5) is 0 Å². The molecule has 0 unspecified atom stereocenters. The number of rotatable bonds is 26. The highest BCUT2D eigenvalue weighted by Crippen LogP contribution is 2.18. The lowest BCUT2D eigenvalue weighted by molar-refractivity contribution is -0.144. The van der Waals surface area contributed by atoms with Gasteiger partial charge in [0.1, 0.15) is 0 Å². The third kappa shape index (κ3) is 23.4. The van der Waals surface area contributed by atoms with Gasteiger partial charge in [-0.15, -0.1) is 0 Å². The average molecular weight is 838 g/mol. The van der Waals surface area contributed by atoms with Crippen molar-refractivity contribution in [2.75, 3.05) is 118 Å². The zero-order chi connectivity index (χ0) is 42.3. The molecule has 0 radical (unpaired) electrons. The number of esters is 3. The van der Waals surface area contributed by atoms with E-state index in [0.29, 0.717) is 78.5 Å². The molecule has 1 aromatic rings. The smallest absolute Gasteiger partial charge is 0.466 e. The molecule has 0 aromatic heterocycles. The monoisotopic (exact) mass is 838 g/mol. The second-order valence-corrected chi connectivity index (χ2v) is 17.3. The number of carbonyl (C=O) groups is 3. The Morgan fingerprint density at radius 1 is 0.534 bits per heavy atom. The minimum atomic E-state index is -2.63. The van der Waals surface area contributed by atoms with Gasteiger partial charge >= 0.3 is 26.7 Å². The van der Waals surface area contributed by atoms with Crippen LogP contribution in [0.25, 0.3) is 0 Å². The van der Waals surface area contributed by atoms with E-state index in [4.69, 9.17) is 27.5 Å². The molecule has 0 atom stereocenters. The standard InChI is InChI=1S/C43H79N5O9Si/c1-7-52-41(49)21-31-45-25-14-27-46(32-22-42(50)53-8-2)34-35-47(33-23-43(51)54-9-3)28-16-30-48(29-15-26-45)38-40-19-17-39(18-20-40)37-44-24-13-36-58(55-10-4,56-11-5)57-12-6/h17-20,44H,7-16,21-38H2,1-6H3. The minimum Gasteiger partial charge on any atom is -0.466 e. The maximum Gasteiger partial charge on any atom is 0.500 e. The molecule has 0 saturated carbocycles. The fraction of sp³-hybridized carbons (Fsp3) is 0.791. The molecular formula is C43H79N5O9Si. The van der Waals surface area contributed by atoms with E-state index in [0.717, 1.165) is 104 Å². The van der Waals surface area contributed by atoms with Crippen LogP contribution in [0.1, 0.15) is 97.6 Å². The van der Waals surface area contributed by atoms with E-state index in [9.17, 15) is 14.4 Å². The number of hydrogen-bond acceptors (Lipinski definition) is 14. The molecule has 0 bridgehead atoms. The van der Waals surface area contributed by atoms with E-state index < -0.39 is 8.80 Å². The average Bonchev–Trinajstić information content (AvgIpc) is 3.20. The van der Waals surface area contributed by atoms with Crippen molar-refractivity contribution in [3.63, 3.8) is 0 Å². The van der Waals surface area contributed by atoms with Crippen LogP contribution in [0.2, 0.25) is 6.04 Å². The maximum atomic E-state index is 12.4. The molecule has 1 aliphatic heterocycles. The number of hydrogen-bond donors (Lipinski definition) is 1. The summed E-state index contributed by atoms with van der Waals surface area (Å²) in [5, 5.41) is 3.59. The van der Waals surface area contributed by atoms with Gasteiger partial charge in [-0.25, -0.2) is 0 Å². The first kappa shape index (κ1) is 51.7. The van der Waals surface area contributed by atoms with Gasteiger partial charge in [-0.1, -0.05) is 24.3 Å². The van der Waals surface area contributed by atoms with E-state index >= 15 is 0 Å². The molecule has 1 saturated heterocycles. The fourth-order valence-electron chi connectivity index (χ4n) is 7.25. The Hall–Kier alpha value is -2.47. The summed E-state index contributed by atoms with van der Waals surface area (Å²) in [6.45, 7) is 25.7. The first-order valence-corrected chi connectivity index (χ1v) is 24.2. The third-order valence-corrected chi connectivity index (χ3v) is 13.2. The molecule has 1 aliphatic rings. The lowest BCUT2D eigenvalue weighted by Gasteiger charge is -2.28. The molecule has 58 heavy (non-hydrogen) atoms. The molecule has 334 valence electrons. The van der Waals surface area contributed by atoms with Gasteiger partial charge in [-0.2, -0.15) is 0 Å². The summed E-state index contributed by atoms with van der Waals surface area (Å²) in [5.74, 6) is -0.516. The van der Waals surface area contributed by atoms with Crippen molar-refractivity contribution >= 4 is 26.7 Å². The molecule has 0 spiro atoms. The van der Waals surface area contributed by atoms with Crippen LogP contribution < -0.4 is 5.32 Å². The van der Waals surface area contributed by atoms with Crippen molar-refractivity contribution in [3.8, 4) is 0 Å². The normalized spacial score (nSPS) is 16.4. The summed E-state index contributed by atoms with van der Waals surface area (Å²) in [4.78, 5) is 46.6. The van der Waals surface area contributed by atoms with Crippen molar-refractivity contribution in [2.24, 2.45) is 0 Å². The van der Waals surface area contributed by atoms with Gasteiger partial charge in [0.15, 0.2) is 0 Å². The highest BCUT2D eigenvalue weighted by Gasteiger charge is 2.39. The minimum absolute atomic E-state index is 0.161. The zero-order valence-electron chi connectivity index (χ0n) is 37.1. The Morgan fingerprint density at radius 2 is 0.914 bits per heavy atom. The summed E-state index contributed by atoms with van der Waals surface area (Å²) >= 11 is 0. The number of benzene rings is 1. The van der Waals surface area contributed by atoms with Crippen LogP contribution in [0.3, 0.4) is 0 Å². The number of ether oxygens (including phenoxy) is 3. The molecule has 1 heterocycles. The predicted octanol–water partition coefficient (Wildman–Crippen LogP) is 4.97. The van der Waals surface area contributed by atoms with Crippen LogP contribution in [-0.4, -0.2) is 164 Å². The van der Waals surface area contributed by atoms with Gasteiger partial charge in [0.05, 0.1) is 39.1 Å². The summed E-state index contributed by atoms with van der Waals surface area (Å²) < 4.78 is 33.8. The van der Waals surface area contributed by atoms with Crippen molar-refractivity contribution < 1.29 is 41.9 Å². The van der Waals surface area contributed by atoms with Crippen LogP contribution in [0.5, 0.6) is 0 Å². The van der Waals surface area contributed by atoms with Crippen molar-refractivity contribution in [1.82, 2.24) is 24.9 Å². The van der Waals surface area contributed by atoms with Gasteiger partial charge in [-0.05, 0) is 124 Å². The van der Waals surface area contributed by atoms with Crippen molar-refractivity contribution in [3.05, 3.63) is 35.4 Å². The summed E-state index contributed by atoms with van der Waals surface area (Å²) in [7, 11) is -2.63. The molecule has 14 nitrogen and oxygen atoms in total. The molecule has 2 rings (SSSR count). The highest BCUT2D eigenvalue weighted by molar-refractivity contribution is 6.60. The molecule has 1 fully saturated rings.